The fraction of sp³-hybridized carbons (Fsp3) is 0.333. The molecule has 4 atom stereocenters. The van der Waals surface area contributed by atoms with Crippen molar-refractivity contribution in [2.45, 2.75) is 38.1 Å². The molecule has 2 aliphatic heterocycles. The molecule has 16 heteroatoms. The molecule has 16 nitrogen and oxygen atoms in total. The van der Waals surface area contributed by atoms with Crippen LogP contribution in [0.25, 0.3) is 16.6 Å². The van der Waals surface area contributed by atoms with Crippen molar-refractivity contribution in [3.63, 3.8) is 0 Å². The molecule has 5 aromatic rings. The number of carbonyl (C=O) groups excluding carboxylic acids is 2. The Labute approximate surface area is 331 Å². The standard InChI is InChI=1S/C42H40N4O12/c1-22-43-31-13-12-26(17-29(31)41(48)45(22)24-8-10-25(11-9-24)46(50)51)55-14-6-5-7-36(47)44-39-28-19-33-32(57-21-58-33)18-27(28)37(38-30(39)20-56-42(38)49)23-15-34(52-2)40(54-4)35(16-23)53-3/h8-13,15-19,30,37-39H,5-7,14,20-21H2,1-4H3,(H,44,47)/t30-,37+,38-,39+/m0/s1. The number of methoxy groups -OCH3 is 3. The van der Waals surface area contributed by atoms with E-state index in [0.29, 0.717) is 69.8 Å². The molecule has 1 amide bonds. The van der Waals surface area contributed by atoms with Gasteiger partial charge in [0.25, 0.3) is 11.2 Å². The highest BCUT2D eigenvalue weighted by Gasteiger charge is 2.53. The second-order valence-electron chi connectivity index (χ2n) is 14.2. The highest BCUT2D eigenvalue weighted by atomic mass is 16.7. The van der Waals surface area contributed by atoms with E-state index < -0.39 is 22.8 Å². The number of unbranched alkanes of at least 4 members (excludes halogenated alkanes) is 1. The number of non-ortho nitro benzene ring substituents is 1. The number of amides is 1. The van der Waals surface area contributed by atoms with Crippen molar-refractivity contribution in [2.75, 3.05) is 41.3 Å². The minimum absolute atomic E-state index is 0.0526. The summed E-state index contributed by atoms with van der Waals surface area (Å²) in [5.41, 5.74) is 2.87. The van der Waals surface area contributed by atoms with Crippen LogP contribution in [-0.4, -0.2) is 67.7 Å². The molecular formula is C42H40N4O12. The van der Waals surface area contributed by atoms with Crippen molar-refractivity contribution in [1.29, 1.82) is 0 Å². The number of ether oxygens (including phenoxy) is 7. The normalized spacial score (nSPS) is 18.9. The summed E-state index contributed by atoms with van der Waals surface area (Å²) in [7, 11) is 4.59. The molecule has 3 heterocycles. The summed E-state index contributed by atoms with van der Waals surface area (Å²) in [5, 5.41) is 14.6. The number of benzene rings is 4. The number of hydrogen-bond donors (Lipinski definition) is 1. The van der Waals surface area contributed by atoms with E-state index in [1.165, 1.54) is 50.2 Å². The number of esters is 1. The summed E-state index contributed by atoms with van der Waals surface area (Å²) >= 11 is 0. The quantitative estimate of drug-likeness (QED) is 0.0663. The number of nitro groups is 1. The number of aryl methyl sites for hydroxylation is 1. The van der Waals surface area contributed by atoms with Crippen molar-refractivity contribution in [3.05, 3.63) is 110 Å². The van der Waals surface area contributed by atoms with Crippen LogP contribution in [0.15, 0.2) is 71.5 Å². The summed E-state index contributed by atoms with van der Waals surface area (Å²) in [4.78, 5) is 55.9. The Morgan fingerprint density at radius 3 is 2.29 bits per heavy atom. The molecule has 58 heavy (non-hydrogen) atoms. The number of nitro benzene ring substituents is 1. The molecule has 0 radical (unpaired) electrons. The van der Waals surface area contributed by atoms with Gasteiger partial charge in [-0.1, -0.05) is 0 Å². The summed E-state index contributed by atoms with van der Waals surface area (Å²) in [6.07, 6.45) is 1.25. The highest BCUT2D eigenvalue weighted by Crippen LogP contribution is 2.55. The third-order valence-electron chi connectivity index (χ3n) is 10.9. The van der Waals surface area contributed by atoms with E-state index in [2.05, 4.69) is 10.3 Å². The second-order valence-corrected chi connectivity index (χ2v) is 14.2. The first kappa shape index (κ1) is 38.1. The van der Waals surface area contributed by atoms with Crippen LogP contribution >= 0.6 is 0 Å². The lowest BCUT2D eigenvalue weighted by Crippen LogP contribution is -2.42. The van der Waals surface area contributed by atoms with Crippen molar-refractivity contribution < 1.29 is 47.7 Å². The van der Waals surface area contributed by atoms with Gasteiger partial charge in [0.15, 0.2) is 23.0 Å². The van der Waals surface area contributed by atoms with Crippen LogP contribution in [0.3, 0.4) is 0 Å². The van der Waals surface area contributed by atoms with Gasteiger partial charge in [-0.2, -0.15) is 0 Å². The third-order valence-corrected chi connectivity index (χ3v) is 10.9. The molecule has 1 fully saturated rings. The molecule has 0 saturated carbocycles. The first-order valence-corrected chi connectivity index (χ1v) is 18.7. The number of rotatable bonds is 13. The Balaban J connectivity index is 0.968. The number of aromatic nitrogens is 2. The zero-order valence-corrected chi connectivity index (χ0v) is 32.1. The Morgan fingerprint density at radius 2 is 1.62 bits per heavy atom. The number of nitrogens with one attached hydrogen (secondary N) is 1. The molecule has 0 bridgehead atoms. The van der Waals surface area contributed by atoms with Gasteiger partial charge in [0, 0.05) is 30.4 Å². The summed E-state index contributed by atoms with van der Waals surface area (Å²) in [5.74, 6) is 1.23. The minimum Gasteiger partial charge on any atom is -0.494 e. The maximum atomic E-state index is 13.6. The Bertz CT molecular complexity index is 2480. The van der Waals surface area contributed by atoms with Gasteiger partial charge < -0.3 is 38.5 Å². The molecule has 8 rings (SSSR count). The van der Waals surface area contributed by atoms with E-state index in [9.17, 15) is 24.5 Å². The van der Waals surface area contributed by atoms with Gasteiger partial charge in [0.1, 0.15) is 11.6 Å². The second kappa shape index (κ2) is 15.6. The number of hydrogen-bond acceptors (Lipinski definition) is 13. The fourth-order valence-corrected chi connectivity index (χ4v) is 8.24. The zero-order valence-electron chi connectivity index (χ0n) is 32.1. The van der Waals surface area contributed by atoms with Gasteiger partial charge >= 0.3 is 5.97 Å². The lowest BCUT2D eigenvalue weighted by molar-refractivity contribution is -0.384. The van der Waals surface area contributed by atoms with Gasteiger partial charge in [0.2, 0.25) is 18.4 Å². The lowest BCUT2D eigenvalue weighted by Gasteiger charge is -2.39. The van der Waals surface area contributed by atoms with E-state index in [0.717, 1.165) is 16.7 Å². The Morgan fingerprint density at radius 1 is 0.914 bits per heavy atom. The lowest BCUT2D eigenvalue weighted by atomic mass is 9.65. The molecule has 1 aromatic heterocycles. The summed E-state index contributed by atoms with van der Waals surface area (Å²) in [6, 6.07) is 17.6. The van der Waals surface area contributed by atoms with Gasteiger partial charge in [-0.05, 0) is 91.1 Å². The van der Waals surface area contributed by atoms with Crippen molar-refractivity contribution >= 4 is 28.5 Å². The number of cyclic esters (lactones) is 1. The Kier molecular flexibility index (Phi) is 10.2. The van der Waals surface area contributed by atoms with Gasteiger partial charge in [-0.15, -0.1) is 0 Å². The van der Waals surface area contributed by atoms with Crippen LogP contribution in [0.4, 0.5) is 5.69 Å². The number of fused-ring (bicyclic) bond motifs is 4. The van der Waals surface area contributed by atoms with Crippen molar-refractivity contribution in [3.8, 4) is 40.2 Å². The van der Waals surface area contributed by atoms with E-state index in [1.54, 1.807) is 25.1 Å². The summed E-state index contributed by atoms with van der Waals surface area (Å²) in [6.45, 7) is 2.15. The molecule has 0 spiro atoms. The topological polar surface area (TPSA) is 189 Å². The maximum Gasteiger partial charge on any atom is 0.310 e. The molecule has 1 N–H and O–H groups in total. The first-order valence-electron chi connectivity index (χ1n) is 18.7. The van der Waals surface area contributed by atoms with E-state index in [4.69, 9.17) is 33.2 Å². The monoisotopic (exact) mass is 792 g/mol. The average Bonchev–Trinajstić information content (AvgIpc) is 3.85. The van der Waals surface area contributed by atoms with Crippen LogP contribution in [0, 0.1) is 28.9 Å². The maximum absolute atomic E-state index is 13.6. The van der Waals surface area contributed by atoms with Crippen LogP contribution in [-0.2, 0) is 14.3 Å². The first-order chi connectivity index (χ1) is 28.1. The molecule has 1 aliphatic carbocycles. The van der Waals surface area contributed by atoms with Crippen LogP contribution < -0.4 is 39.3 Å². The van der Waals surface area contributed by atoms with Crippen molar-refractivity contribution in [2.24, 2.45) is 11.8 Å². The van der Waals surface area contributed by atoms with Gasteiger partial charge in [-0.25, -0.2) is 4.98 Å². The van der Waals surface area contributed by atoms with Gasteiger partial charge in [-0.3, -0.25) is 29.1 Å². The molecule has 0 unspecified atom stereocenters. The number of carbonyl (C=O) groups is 2. The minimum atomic E-state index is -0.631. The predicted octanol–water partition coefficient (Wildman–Crippen LogP) is 5.70. The Hall–Kier alpha value is -6.84. The predicted molar refractivity (Wildman–Crippen MR) is 207 cm³/mol. The van der Waals surface area contributed by atoms with E-state index in [1.807, 2.05) is 24.3 Å². The molecule has 4 aromatic carbocycles. The molecule has 3 aliphatic rings. The fourth-order valence-electron chi connectivity index (χ4n) is 8.24. The van der Waals surface area contributed by atoms with Crippen LogP contribution in [0.1, 0.15) is 53.7 Å². The molecular weight excluding hydrogens is 752 g/mol. The third kappa shape index (κ3) is 6.83. The van der Waals surface area contributed by atoms with Crippen molar-refractivity contribution in [1.82, 2.24) is 14.9 Å². The number of nitrogens with zero attached hydrogens (tertiary/aromatic N) is 3. The zero-order chi connectivity index (χ0) is 40.7. The van der Waals surface area contributed by atoms with Crippen LogP contribution in [0.5, 0.6) is 34.5 Å². The van der Waals surface area contributed by atoms with E-state index in [-0.39, 0.29) is 55.5 Å². The molecule has 1 saturated heterocycles. The smallest absolute Gasteiger partial charge is 0.310 e. The van der Waals surface area contributed by atoms with E-state index >= 15 is 0 Å². The highest BCUT2D eigenvalue weighted by molar-refractivity contribution is 5.81. The summed E-state index contributed by atoms with van der Waals surface area (Å²) < 4.78 is 41.4. The van der Waals surface area contributed by atoms with Gasteiger partial charge in [0.05, 0.1) is 68.0 Å². The average molecular weight is 793 g/mol. The van der Waals surface area contributed by atoms with Crippen LogP contribution in [0.2, 0.25) is 0 Å². The molecule has 300 valence electrons. The largest absolute Gasteiger partial charge is 0.494 e. The SMILES string of the molecule is COc1cc([C@@H]2c3cc4c(cc3[C@@H](NC(=O)CCCCOc3ccc5nc(C)n(-c6ccc([N+](=O)[O-])cc6)c(=O)c5c3)[C@H]3COC(=O)[C@H]23)OCO4)cc(OC)c1OC.